The van der Waals surface area contributed by atoms with E-state index in [-0.39, 0.29) is 12.5 Å². The van der Waals surface area contributed by atoms with Gasteiger partial charge in [0.15, 0.2) is 0 Å². The Labute approximate surface area is 305 Å². The molecule has 2 aliphatic rings. The first-order valence-corrected chi connectivity index (χ1v) is 17.6. The Morgan fingerprint density at radius 2 is 1.40 bits per heavy atom. The highest BCUT2D eigenvalue weighted by atomic mass is 16.1. The number of amides is 1. The van der Waals surface area contributed by atoms with Crippen LogP contribution in [0.3, 0.4) is 0 Å². The highest BCUT2D eigenvalue weighted by molar-refractivity contribution is 5.90. The SMILES string of the molecule is O=C(Cn1cnc(-c2[nH]nc3c2Cc2ccccc2-3)c1)Nc1ccccc1.c1ccc2c(c1)Cc1c(-c3ccc(NCCn4ccnc4)cc3)n[nH]c1-2. The lowest BCUT2D eigenvalue weighted by Gasteiger charge is -2.08. The van der Waals surface area contributed by atoms with Crippen LogP contribution in [0.25, 0.3) is 45.2 Å². The van der Waals surface area contributed by atoms with Crippen LogP contribution < -0.4 is 10.6 Å². The zero-order chi connectivity index (χ0) is 35.6. The number of carbonyl (C=O) groups is 1. The zero-order valence-electron chi connectivity index (χ0n) is 28.8. The maximum absolute atomic E-state index is 12.2. The molecule has 260 valence electrons. The van der Waals surface area contributed by atoms with Crippen molar-refractivity contribution in [3.63, 3.8) is 0 Å². The number of fused-ring (bicyclic) bond motifs is 6. The van der Waals surface area contributed by atoms with Crippen LogP contribution in [0.5, 0.6) is 0 Å². The lowest BCUT2D eigenvalue weighted by Crippen LogP contribution is -2.17. The minimum atomic E-state index is -0.0904. The van der Waals surface area contributed by atoms with Crippen molar-refractivity contribution in [3.8, 4) is 45.2 Å². The Bertz CT molecular complexity index is 2510. The number of benzene rings is 4. The topological polar surface area (TPSA) is 134 Å². The molecule has 4 N–H and O–H groups in total. The molecule has 1 amide bonds. The molecule has 11 heteroatoms. The Balaban J connectivity index is 0.000000141. The second kappa shape index (κ2) is 14.0. The van der Waals surface area contributed by atoms with Gasteiger partial charge >= 0.3 is 0 Å². The number of imidazole rings is 2. The third kappa shape index (κ3) is 6.51. The number of hydrogen-bond donors (Lipinski definition) is 4. The molecule has 0 aliphatic heterocycles. The summed E-state index contributed by atoms with van der Waals surface area (Å²) in [6.45, 7) is 1.97. The van der Waals surface area contributed by atoms with E-state index in [2.05, 4.69) is 106 Å². The molecule has 0 bridgehead atoms. The summed E-state index contributed by atoms with van der Waals surface area (Å²) in [4.78, 5) is 20.8. The minimum Gasteiger partial charge on any atom is -0.383 e. The van der Waals surface area contributed by atoms with Gasteiger partial charge in [-0.2, -0.15) is 10.2 Å². The number of carbonyl (C=O) groups excluding carboxylic acids is 1. The number of anilines is 2. The second-order valence-electron chi connectivity index (χ2n) is 13.2. The van der Waals surface area contributed by atoms with E-state index in [1.807, 2.05) is 61.2 Å². The number of para-hydroxylation sites is 1. The van der Waals surface area contributed by atoms with Gasteiger partial charge in [-0.15, -0.1) is 0 Å². The molecule has 0 saturated carbocycles. The van der Waals surface area contributed by atoms with E-state index in [1.54, 1.807) is 17.1 Å². The van der Waals surface area contributed by atoms with Crippen LogP contribution in [-0.2, 0) is 30.7 Å². The summed E-state index contributed by atoms with van der Waals surface area (Å²) >= 11 is 0. The van der Waals surface area contributed by atoms with Crippen molar-refractivity contribution in [3.05, 3.63) is 157 Å². The molecule has 0 unspecified atom stereocenters. The molecule has 11 nitrogen and oxygen atoms in total. The Morgan fingerprint density at radius 3 is 2.19 bits per heavy atom. The molecule has 8 aromatic rings. The summed E-state index contributed by atoms with van der Waals surface area (Å²) in [7, 11) is 0. The van der Waals surface area contributed by atoms with Gasteiger partial charge < -0.3 is 19.8 Å². The summed E-state index contributed by atoms with van der Waals surface area (Å²) in [5, 5.41) is 21.7. The van der Waals surface area contributed by atoms with Crippen LogP contribution in [0, 0.1) is 0 Å². The van der Waals surface area contributed by atoms with Crippen molar-refractivity contribution in [2.75, 3.05) is 17.2 Å². The lowest BCUT2D eigenvalue weighted by molar-refractivity contribution is -0.116. The fourth-order valence-electron chi connectivity index (χ4n) is 7.13. The summed E-state index contributed by atoms with van der Waals surface area (Å²) in [5.41, 5.74) is 15.6. The Morgan fingerprint density at radius 1 is 0.698 bits per heavy atom. The van der Waals surface area contributed by atoms with Gasteiger partial charge in [0.05, 0.1) is 35.4 Å². The van der Waals surface area contributed by atoms with E-state index >= 15 is 0 Å². The molecule has 2 aliphatic carbocycles. The number of nitrogens with one attached hydrogen (secondary N) is 4. The molecule has 0 saturated heterocycles. The Hall–Kier alpha value is -7.01. The molecule has 0 atom stereocenters. The van der Waals surface area contributed by atoms with Crippen LogP contribution in [0.2, 0.25) is 0 Å². The fourth-order valence-corrected chi connectivity index (χ4v) is 7.13. The zero-order valence-corrected chi connectivity index (χ0v) is 28.8. The number of aromatic nitrogens is 8. The van der Waals surface area contributed by atoms with Gasteiger partial charge in [-0.05, 0) is 35.4 Å². The number of rotatable bonds is 9. The van der Waals surface area contributed by atoms with Gasteiger partial charge in [-0.25, -0.2) is 9.97 Å². The van der Waals surface area contributed by atoms with E-state index in [9.17, 15) is 4.79 Å². The van der Waals surface area contributed by atoms with Gasteiger partial charge in [-0.1, -0.05) is 78.9 Å². The van der Waals surface area contributed by atoms with Gasteiger partial charge in [0, 0.05) is 83.7 Å². The second-order valence-corrected chi connectivity index (χ2v) is 13.2. The predicted octanol–water partition coefficient (Wildman–Crippen LogP) is 7.44. The van der Waals surface area contributed by atoms with E-state index in [0.717, 1.165) is 76.9 Å². The summed E-state index contributed by atoms with van der Waals surface area (Å²) in [5.74, 6) is -0.0904. The van der Waals surface area contributed by atoms with Gasteiger partial charge in [0.25, 0.3) is 0 Å². The molecule has 0 fully saturated rings. The van der Waals surface area contributed by atoms with Crippen molar-refractivity contribution in [2.24, 2.45) is 0 Å². The first-order chi connectivity index (χ1) is 26.2. The van der Waals surface area contributed by atoms with Gasteiger partial charge in [0.2, 0.25) is 5.91 Å². The summed E-state index contributed by atoms with van der Waals surface area (Å²) in [6.07, 6.45) is 11.0. The van der Waals surface area contributed by atoms with E-state index in [1.165, 1.54) is 27.8 Å². The van der Waals surface area contributed by atoms with Gasteiger partial charge in [0.1, 0.15) is 12.2 Å². The average molecular weight is 697 g/mol. The predicted molar refractivity (Wildman–Crippen MR) is 206 cm³/mol. The van der Waals surface area contributed by atoms with E-state index in [4.69, 9.17) is 0 Å². The molecule has 0 radical (unpaired) electrons. The molecule has 53 heavy (non-hydrogen) atoms. The normalized spacial score (nSPS) is 11.9. The number of H-pyrrole nitrogens is 2. The molecule has 0 spiro atoms. The largest absolute Gasteiger partial charge is 0.383 e. The van der Waals surface area contributed by atoms with Crippen molar-refractivity contribution < 1.29 is 4.79 Å². The summed E-state index contributed by atoms with van der Waals surface area (Å²) < 4.78 is 3.84. The third-order valence-electron chi connectivity index (χ3n) is 9.72. The highest BCUT2D eigenvalue weighted by Gasteiger charge is 2.26. The maximum atomic E-state index is 12.2. The van der Waals surface area contributed by atoms with E-state index < -0.39 is 0 Å². The van der Waals surface area contributed by atoms with Crippen molar-refractivity contribution >= 4 is 17.3 Å². The van der Waals surface area contributed by atoms with Crippen LogP contribution in [-0.4, -0.2) is 51.9 Å². The minimum absolute atomic E-state index is 0.0904. The van der Waals surface area contributed by atoms with Crippen LogP contribution in [0.15, 0.2) is 134 Å². The first-order valence-electron chi connectivity index (χ1n) is 17.6. The van der Waals surface area contributed by atoms with Crippen LogP contribution in [0.1, 0.15) is 22.3 Å². The number of aromatic amines is 2. The van der Waals surface area contributed by atoms with Crippen molar-refractivity contribution in [1.29, 1.82) is 0 Å². The molecule has 10 rings (SSSR count). The van der Waals surface area contributed by atoms with Crippen LogP contribution >= 0.6 is 0 Å². The van der Waals surface area contributed by atoms with Crippen molar-refractivity contribution in [2.45, 2.75) is 25.9 Å². The molecular formula is C42H36N10O. The third-order valence-corrected chi connectivity index (χ3v) is 9.72. The first kappa shape index (κ1) is 31.9. The molecule has 4 aromatic carbocycles. The smallest absolute Gasteiger partial charge is 0.244 e. The van der Waals surface area contributed by atoms with Gasteiger partial charge in [-0.3, -0.25) is 15.0 Å². The highest BCUT2D eigenvalue weighted by Crippen LogP contribution is 2.41. The summed E-state index contributed by atoms with van der Waals surface area (Å²) in [6, 6.07) is 34.8. The number of nitrogens with zero attached hydrogens (tertiary/aromatic N) is 6. The average Bonchev–Trinajstić information content (AvgIpc) is 4.04. The molecule has 4 aromatic heterocycles. The monoisotopic (exact) mass is 696 g/mol. The molecule has 4 heterocycles. The Kier molecular flexibility index (Phi) is 8.41. The van der Waals surface area contributed by atoms with E-state index in [0.29, 0.717) is 0 Å². The van der Waals surface area contributed by atoms with Crippen molar-refractivity contribution in [1.82, 2.24) is 39.5 Å². The fraction of sp³-hybridized carbons (Fsp3) is 0.119. The van der Waals surface area contributed by atoms with Crippen LogP contribution in [0.4, 0.5) is 11.4 Å². The number of hydrogen-bond acceptors (Lipinski definition) is 6. The standard InChI is InChI=1S/C21H17N5O.C21H19N5/c27-19(23-15-7-2-1-3-8-15)12-26-11-18(22-13-26)21-17-10-14-6-4-5-9-16(14)20(17)24-25-21;1-2-4-18-16(3-1)13-19-20(24-25-21(18)19)15-5-7-17(8-6-15)23-10-12-26-11-9-22-14-26/h1-9,11,13H,10,12H2,(H,23,27)(H,24,25);1-9,11,14,23H,10,12-13H2,(H,24,25). The quantitative estimate of drug-likeness (QED) is 0.124. The lowest BCUT2D eigenvalue weighted by atomic mass is 10.1. The molecular weight excluding hydrogens is 661 g/mol. The maximum Gasteiger partial charge on any atom is 0.244 e.